The molecule has 0 fully saturated rings. The van der Waals surface area contributed by atoms with Crippen molar-refractivity contribution < 1.29 is 32.3 Å². The molecule has 1 aromatic heterocycles. The van der Waals surface area contributed by atoms with E-state index in [-0.39, 0.29) is 9.90 Å². The second-order valence-electron chi connectivity index (χ2n) is 4.66. The van der Waals surface area contributed by atoms with Crippen molar-refractivity contribution in [2.45, 2.75) is 6.18 Å². The Morgan fingerprint density at radius 3 is 2.52 bits per heavy atom. The molecule has 0 aliphatic rings. The van der Waals surface area contributed by atoms with Gasteiger partial charge in [0.05, 0.1) is 5.02 Å². The third kappa shape index (κ3) is 5.33. The molecule has 2 N–H and O–H groups in total. The Bertz CT molecular complexity index is 822. The number of thiophene rings is 1. The van der Waals surface area contributed by atoms with Gasteiger partial charge in [0.1, 0.15) is 11.4 Å². The van der Waals surface area contributed by atoms with Crippen LogP contribution in [0.2, 0.25) is 5.02 Å². The zero-order valence-corrected chi connectivity index (χ0v) is 13.8. The van der Waals surface area contributed by atoms with E-state index in [0.717, 1.165) is 16.0 Å². The summed E-state index contributed by atoms with van der Waals surface area (Å²) >= 11 is 7.14. The van der Waals surface area contributed by atoms with Gasteiger partial charge in [-0.2, -0.15) is 13.2 Å². The van der Waals surface area contributed by atoms with E-state index in [0.29, 0.717) is 5.39 Å². The van der Waals surface area contributed by atoms with Crippen LogP contribution in [0.15, 0.2) is 24.3 Å². The number of urea groups is 1. The number of imide groups is 1. The third-order valence-electron chi connectivity index (χ3n) is 2.76. The van der Waals surface area contributed by atoms with E-state index >= 15 is 0 Å². The molecule has 25 heavy (non-hydrogen) atoms. The first-order valence-electron chi connectivity index (χ1n) is 6.66. The number of carbonyl (C=O) groups is 3. The molecule has 0 radical (unpaired) electrons. The summed E-state index contributed by atoms with van der Waals surface area (Å²) in [5.74, 6) is -1.96. The van der Waals surface area contributed by atoms with Gasteiger partial charge in [-0.3, -0.25) is 10.1 Å². The lowest BCUT2D eigenvalue weighted by Gasteiger charge is -2.09. The second-order valence-corrected chi connectivity index (χ2v) is 6.09. The van der Waals surface area contributed by atoms with Crippen LogP contribution in [0.1, 0.15) is 9.67 Å². The minimum atomic E-state index is -4.61. The van der Waals surface area contributed by atoms with Crippen LogP contribution in [0, 0.1) is 0 Å². The van der Waals surface area contributed by atoms with Gasteiger partial charge in [0, 0.05) is 10.1 Å². The van der Waals surface area contributed by atoms with Crippen LogP contribution in [0.3, 0.4) is 0 Å². The molecule has 3 amide bonds. The summed E-state index contributed by atoms with van der Waals surface area (Å²) < 4.78 is 41.2. The normalized spacial score (nSPS) is 11.2. The molecular weight excluding hydrogens is 385 g/mol. The van der Waals surface area contributed by atoms with Gasteiger partial charge in [0.25, 0.3) is 5.91 Å². The fourth-order valence-electron chi connectivity index (χ4n) is 1.73. The third-order valence-corrected chi connectivity index (χ3v) is 4.41. The van der Waals surface area contributed by atoms with Gasteiger partial charge in [0.2, 0.25) is 0 Å². The van der Waals surface area contributed by atoms with E-state index < -0.39 is 37.2 Å². The Labute approximate surface area is 147 Å². The van der Waals surface area contributed by atoms with E-state index in [1.165, 1.54) is 5.32 Å². The minimum absolute atomic E-state index is 0.0807. The van der Waals surface area contributed by atoms with Crippen molar-refractivity contribution in [3.63, 3.8) is 0 Å². The molecule has 0 bridgehead atoms. The smallest absolute Gasteiger partial charge is 0.405 e. The first-order chi connectivity index (χ1) is 11.7. The van der Waals surface area contributed by atoms with Crippen LogP contribution in [-0.2, 0) is 9.53 Å². The van der Waals surface area contributed by atoms with Crippen molar-refractivity contribution in [2.75, 3.05) is 13.2 Å². The molecule has 6 nitrogen and oxygen atoms in total. The summed E-state index contributed by atoms with van der Waals surface area (Å²) in [4.78, 5) is 34.5. The molecule has 0 aliphatic carbocycles. The topological polar surface area (TPSA) is 84.5 Å². The molecular formula is C14H10ClF3N2O4S. The monoisotopic (exact) mass is 394 g/mol. The first kappa shape index (κ1) is 19.0. The fourth-order valence-corrected chi connectivity index (χ4v) is 3.13. The van der Waals surface area contributed by atoms with E-state index in [1.54, 1.807) is 29.6 Å². The Morgan fingerprint density at radius 1 is 1.20 bits per heavy atom. The lowest BCUT2D eigenvalue weighted by Crippen LogP contribution is -2.44. The highest BCUT2D eigenvalue weighted by Crippen LogP contribution is 2.35. The quantitative estimate of drug-likeness (QED) is 0.780. The zero-order chi connectivity index (χ0) is 18.6. The summed E-state index contributed by atoms with van der Waals surface area (Å²) in [5, 5.41) is 3.87. The van der Waals surface area contributed by atoms with E-state index in [4.69, 9.17) is 16.3 Å². The van der Waals surface area contributed by atoms with Crippen LogP contribution in [0.25, 0.3) is 10.1 Å². The number of benzene rings is 1. The van der Waals surface area contributed by atoms with Gasteiger partial charge in [-0.1, -0.05) is 29.8 Å². The number of alkyl halides is 3. The average molecular weight is 395 g/mol. The summed E-state index contributed by atoms with van der Waals surface area (Å²) in [7, 11) is 0. The number of nitrogens with one attached hydrogen (secondary N) is 2. The van der Waals surface area contributed by atoms with Gasteiger partial charge in [-0.15, -0.1) is 11.3 Å². The molecule has 0 aliphatic heterocycles. The molecule has 0 saturated heterocycles. The number of rotatable bonds is 4. The van der Waals surface area contributed by atoms with E-state index in [2.05, 4.69) is 0 Å². The summed E-state index contributed by atoms with van der Waals surface area (Å²) in [6, 6.07) is 5.61. The maximum atomic E-state index is 12.0. The predicted octanol–water partition coefficient (Wildman–Crippen LogP) is 3.10. The molecule has 0 saturated carbocycles. The van der Waals surface area contributed by atoms with Gasteiger partial charge in [-0.25, -0.2) is 9.59 Å². The molecule has 0 atom stereocenters. The van der Waals surface area contributed by atoms with Gasteiger partial charge >= 0.3 is 18.2 Å². The number of esters is 1. The Morgan fingerprint density at radius 2 is 1.88 bits per heavy atom. The summed E-state index contributed by atoms with van der Waals surface area (Å²) in [5.41, 5.74) is 0. The lowest BCUT2D eigenvalue weighted by atomic mass is 10.2. The number of amides is 3. The Hall–Kier alpha value is -2.33. The van der Waals surface area contributed by atoms with E-state index in [1.807, 2.05) is 0 Å². The van der Waals surface area contributed by atoms with Crippen LogP contribution in [0.5, 0.6) is 0 Å². The Kier molecular flexibility index (Phi) is 5.85. The number of hydrogen-bond acceptors (Lipinski definition) is 5. The Balaban J connectivity index is 1.87. The molecule has 2 rings (SSSR count). The number of halogens is 4. The van der Waals surface area contributed by atoms with Crippen LogP contribution in [0.4, 0.5) is 18.0 Å². The highest BCUT2D eigenvalue weighted by atomic mass is 35.5. The standard InChI is InChI=1S/C14H10ClF3N2O4S/c15-10-7-3-1-2-4-8(7)25-11(10)12(22)24-5-9(21)20-13(23)19-6-14(16,17)18/h1-4H,5-6H2,(H2,19,20,21,23). The summed E-state index contributed by atoms with van der Waals surface area (Å²) in [6.45, 7) is -2.44. The highest BCUT2D eigenvalue weighted by molar-refractivity contribution is 7.21. The number of carbonyl (C=O) groups excluding carboxylic acids is 3. The molecule has 1 heterocycles. The maximum Gasteiger partial charge on any atom is 0.405 e. The van der Waals surface area contributed by atoms with Crippen LogP contribution >= 0.6 is 22.9 Å². The predicted molar refractivity (Wildman–Crippen MR) is 84.7 cm³/mol. The second kappa shape index (κ2) is 7.70. The highest BCUT2D eigenvalue weighted by Gasteiger charge is 2.28. The largest absolute Gasteiger partial charge is 0.451 e. The van der Waals surface area contributed by atoms with Crippen molar-refractivity contribution in [2.24, 2.45) is 0 Å². The number of fused-ring (bicyclic) bond motifs is 1. The SMILES string of the molecule is O=C(COC(=O)c1sc2ccccc2c1Cl)NC(=O)NCC(F)(F)F. The zero-order valence-electron chi connectivity index (χ0n) is 12.3. The molecule has 0 unspecified atom stereocenters. The molecule has 1 aromatic carbocycles. The van der Waals surface area contributed by atoms with Crippen molar-refractivity contribution >= 4 is 50.9 Å². The fraction of sp³-hybridized carbons (Fsp3) is 0.214. The summed E-state index contributed by atoms with van der Waals surface area (Å²) in [6.07, 6.45) is -4.61. The van der Waals surface area contributed by atoms with E-state index in [9.17, 15) is 27.6 Å². The van der Waals surface area contributed by atoms with Gasteiger partial charge < -0.3 is 10.1 Å². The minimum Gasteiger partial charge on any atom is -0.451 e. The molecule has 2 aromatic rings. The van der Waals surface area contributed by atoms with Crippen LogP contribution in [-0.4, -0.2) is 37.2 Å². The number of ether oxygens (including phenoxy) is 1. The van der Waals surface area contributed by atoms with Crippen molar-refractivity contribution in [3.8, 4) is 0 Å². The molecule has 134 valence electrons. The van der Waals surface area contributed by atoms with Crippen molar-refractivity contribution in [3.05, 3.63) is 34.2 Å². The molecule has 0 spiro atoms. The molecule has 11 heteroatoms. The van der Waals surface area contributed by atoms with Crippen LogP contribution < -0.4 is 10.6 Å². The number of hydrogen-bond donors (Lipinski definition) is 2. The average Bonchev–Trinajstić information content (AvgIpc) is 2.87. The van der Waals surface area contributed by atoms with Crippen molar-refractivity contribution in [1.82, 2.24) is 10.6 Å². The first-order valence-corrected chi connectivity index (χ1v) is 7.85. The maximum absolute atomic E-state index is 12.0. The van der Waals surface area contributed by atoms with Gasteiger partial charge in [0.15, 0.2) is 6.61 Å². The van der Waals surface area contributed by atoms with Gasteiger partial charge in [-0.05, 0) is 6.07 Å². The van der Waals surface area contributed by atoms with Crippen molar-refractivity contribution in [1.29, 1.82) is 0 Å². The lowest BCUT2D eigenvalue weighted by molar-refractivity contribution is -0.125.